The van der Waals surface area contributed by atoms with Crippen molar-refractivity contribution in [3.8, 4) is 0 Å². The fraction of sp³-hybridized carbons (Fsp3) is 1.00. The van der Waals surface area contributed by atoms with Crippen molar-refractivity contribution in [3.05, 3.63) is 4.91 Å². The zero-order valence-corrected chi connectivity index (χ0v) is 7.42. The number of hydrogen-bond donors (Lipinski definition) is 5. The van der Waals surface area contributed by atoms with Crippen LogP contribution in [0.3, 0.4) is 0 Å². The van der Waals surface area contributed by atoms with Gasteiger partial charge in [0.25, 0.3) is 0 Å². The van der Waals surface area contributed by atoms with Crippen molar-refractivity contribution in [2.45, 2.75) is 30.4 Å². The first-order chi connectivity index (χ1) is 6.96. The Bertz CT molecular complexity index is 235. The summed E-state index contributed by atoms with van der Waals surface area (Å²) in [6.07, 6.45) is -6.97. The SMILES string of the molecule is O=NOC1(O)O[C@H](CO)[C@@H](O)[C@H](O)[C@H]1O. The highest BCUT2D eigenvalue weighted by molar-refractivity contribution is 4.91. The van der Waals surface area contributed by atoms with Crippen molar-refractivity contribution in [3.63, 3.8) is 0 Å². The summed E-state index contributed by atoms with van der Waals surface area (Å²) in [5.74, 6) is -2.88. The summed E-state index contributed by atoms with van der Waals surface area (Å²) < 4.78 is 4.49. The molecule has 15 heavy (non-hydrogen) atoms. The van der Waals surface area contributed by atoms with Crippen LogP contribution in [-0.2, 0) is 9.57 Å². The molecule has 5 atom stereocenters. The normalized spacial score (nSPS) is 46.2. The Balaban J connectivity index is 2.86. The third-order valence-electron chi connectivity index (χ3n) is 2.10. The van der Waals surface area contributed by atoms with Crippen LogP contribution in [0, 0.1) is 4.91 Å². The van der Waals surface area contributed by atoms with Crippen LogP contribution < -0.4 is 0 Å². The third kappa shape index (κ3) is 2.07. The van der Waals surface area contributed by atoms with Gasteiger partial charge in [0.15, 0.2) is 11.4 Å². The minimum absolute atomic E-state index is 0.754. The molecule has 88 valence electrons. The maximum Gasteiger partial charge on any atom is 0.381 e. The molecule has 0 radical (unpaired) electrons. The van der Waals surface area contributed by atoms with E-state index in [0.29, 0.717) is 0 Å². The summed E-state index contributed by atoms with van der Waals surface area (Å²) in [7, 11) is 0. The van der Waals surface area contributed by atoms with Gasteiger partial charge in [-0.1, -0.05) is 0 Å². The van der Waals surface area contributed by atoms with Crippen LogP contribution in [0.5, 0.6) is 0 Å². The zero-order valence-electron chi connectivity index (χ0n) is 7.42. The molecule has 1 heterocycles. The van der Waals surface area contributed by atoms with E-state index in [1.807, 2.05) is 5.34 Å². The van der Waals surface area contributed by atoms with Gasteiger partial charge in [0.2, 0.25) is 0 Å². The Morgan fingerprint density at radius 3 is 2.40 bits per heavy atom. The lowest BCUT2D eigenvalue weighted by Gasteiger charge is -2.41. The summed E-state index contributed by atoms with van der Waals surface area (Å²) in [6.45, 7) is -0.754. The first kappa shape index (κ1) is 12.2. The average Bonchev–Trinajstić information content (AvgIpc) is 2.21. The van der Waals surface area contributed by atoms with E-state index in [1.165, 1.54) is 0 Å². The number of hydrogen-bond acceptors (Lipinski definition) is 9. The number of ether oxygens (including phenoxy) is 1. The van der Waals surface area contributed by atoms with E-state index in [9.17, 15) is 25.3 Å². The molecular formula is C6H11NO8. The van der Waals surface area contributed by atoms with Gasteiger partial charge in [-0.25, -0.2) is 0 Å². The third-order valence-corrected chi connectivity index (χ3v) is 2.10. The standard InChI is InChI=1S/C6H11NO8/c8-1-2-3(9)4(10)5(11)6(12,14-2)15-7-13/h2-5,8-12H,1H2/t2-,3-,4+,5-,6?/m1/s1. The van der Waals surface area contributed by atoms with E-state index in [0.717, 1.165) is 0 Å². The summed E-state index contributed by atoms with van der Waals surface area (Å²) in [6, 6.07) is 0. The van der Waals surface area contributed by atoms with Gasteiger partial charge in [0.05, 0.1) is 6.61 Å². The van der Waals surface area contributed by atoms with E-state index in [1.54, 1.807) is 0 Å². The molecule has 0 amide bonds. The second-order valence-electron chi connectivity index (χ2n) is 3.06. The Morgan fingerprint density at radius 1 is 1.33 bits per heavy atom. The lowest BCUT2D eigenvalue weighted by molar-refractivity contribution is -0.450. The predicted octanol–water partition coefficient (Wildman–Crippen LogP) is -3.20. The number of aliphatic hydroxyl groups is 5. The largest absolute Gasteiger partial charge is 0.394 e. The lowest BCUT2D eigenvalue weighted by atomic mass is 9.98. The summed E-state index contributed by atoms with van der Waals surface area (Å²) >= 11 is 0. The molecule has 5 N–H and O–H groups in total. The molecule has 0 aliphatic carbocycles. The van der Waals surface area contributed by atoms with Gasteiger partial charge in [-0.05, 0) is 0 Å². The van der Waals surface area contributed by atoms with Crippen LogP contribution in [0.4, 0.5) is 0 Å². The van der Waals surface area contributed by atoms with Crippen molar-refractivity contribution in [2.75, 3.05) is 6.61 Å². The average molecular weight is 225 g/mol. The molecule has 1 saturated heterocycles. The molecule has 0 aromatic heterocycles. The minimum atomic E-state index is -2.88. The van der Waals surface area contributed by atoms with Gasteiger partial charge >= 0.3 is 5.97 Å². The fourth-order valence-corrected chi connectivity index (χ4v) is 1.25. The maximum absolute atomic E-state index is 9.78. The molecule has 1 aliphatic rings. The van der Waals surface area contributed by atoms with Crippen LogP contribution in [0.2, 0.25) is 0 Å². The quantitative estimate of drug-likeness (QED) is 0.191. The monoisotopic (exact) mass is 225 g/mol. The fourth-order valence-electron chi connectivity index (χ4n) is 1.25. The Labute approximate surface area is 83.4 Å². The van der Waals surface area contributed by atoms with Gasteiger partial charge in [-0.15, -0.1) is 4.91 Å². The van der Waals surface area contributed by atoms with E-state index < -0.39 is 37.0 Å². The highest BCUT2D eigenvalue weighted by Gasteiger charge is 2.55. The summed E-state index contributed by atoms with van der Waals surface area (Å²) in [5.41, 5.74) is 0. The first-order valence-corrected chi connectivity index (χ1v) is 4.02. The molecule has 0 spiro atoms. The molecule has 9 nitrogen and oxygen atoms in total. The topological polar surface area (TPSA) is 149 Å². The molecule has 9 heteroatoms. The molecule has 1 unspecified atom stereocenters. The molecule has 1 aliphatic heterocycles. The molecule has 1 rings (SSSR count). The number of rotatable bonds is 3. The van der Waals surface area contributed by atoms with Crippen molar-refractivity contribution in [1.29, 1.82) is 0 Å². The Kier molecular flexibility index (Phi) is 3.54. The predicted molar refractivity (Wildman–Crippen MR) is 41.8 cm³/mol. The van der Waals surface area contributed by atoms with Gasteiger partial charge in [-0.3, -0.25) is 4.84 Å². The highest BCUT2D eigenvalue weighted by atomic mass is 16.9. The van der Waals surface area contributed by atoms with Crippen molar-refractivity contribution in [2.24, 2.45) is 5.34 Å². The molecule has 0 aromatic carbocycles. The Hall–Kier alpha value is -0.840. The number of aliphatic hydroxyl groups excluding tert-OH is 4. The second kappa shape index (κ2) is 4.35. The van der Waals surface area contributed by atoms with Crippen LogP contribution >= 0.6 is 0 Å². The lowest BCUT2D eigenvalue weighted by Crippen LogP contribution is -2.65. The van der Waals surface area contributed by atoms with Crippen LogP contribution in [0.25, 0.3) is 0 Å². The molecule has 1 fully saturated rings. The van der Waals surface area contributed by atoms with E-state index in [2.05, 4.69) is 9.57 Å². The van der Waals surface area contributed by atoms with Gasteiger partial charge in [0.1, 0.15) is 18.3 Å². The van der Waals surface area contributed by atoms with E-state index in [4.69, 9.17) is 5.11 Å². The van der Waals surface area contributed by atoms with Crippen molar-refractivity contribution < 1.29 is 35.1 Å². The highest BCUT2D eigenvalue weighted by Crippen LogP contribution is 2.29. The minimum Gasteiger partial charge on any atom is -0.394 e. The van der Waals surface area contributed by atoms with E-state index in [-0.39, 0.29) is 0 Å². The maximum atomic E-state index is 9.78. The summed E-state index contributed by atoms with van der Waals surface area (Å²) in [5, 5.41) is 47.6. The number of nitrogens with zero attached hydrogens (tertiary/aromatic N) is 1. The van der Waals surface area contributed by atoms with Crippen LogP contribution in [0.15, 0.2) is 5.34 Å². The van der Waals surface area contributed by atoms with Gasteiger partial charge in [-0.2, -0.15) is 0 Å². The van der Waals surface area contributed by atoms with Crippen molar-refractivity contribution in [1.82, 2.24) is 0 Å². The first-order valence-electron chi connectivity index (χ1n) is 4.02. The molecule has 0 bridgehead atoms. The Morgan fingerprint density at radius 2 is 1.93 bits per heavy atom. The molecule has 0 saturated carbocycles. The molecule has 0 aromatic rings. The van der Waals surface area contributed by atoms with Crippen LogP contribution in [-0.4, -0.2) is 62.5 Å². The molecular weight excluding hydrogens is 214 g/mol. The summed E-state index contributed by atoms with van der Waals surface area (Å²) in [4.78, 5) is 13.6. The van der Waals surface area contributed by atoms with Gasteiger partial charge < -0.3 is 30.3 Å². The zero-order chi connectivity index (χ0) is 11.6. The van der Waals surface area contributed by atoms with E-state index >= 15 is 0 Å². The van der Waals surface area contributed by atoms with Gasteiger partial charge in [0, 0.05) is 0 Å². The smallest absolute Gasteiger partial charge is 0.381 e. The second-order valence-corrected chi connectivity index (χ2v) is 3.06. The van der Waals surface area contributed by atoms with Crippen LogP contribution in [0.1, 0.15) is 0 Å². The van der Waals surface area contributed by atoms with Crippen molar-refractivity contribution >= 4 is 0 Å².